The molecule has 4 N–H and O–H groups in total. The Hall–Kier alpha value is -2.38. The molecule has 0 saturated carbocycles. The Kier molecular flexibility index (Phi) is 3.03. The predicted octanol–water partition coefficient (Wildman–Crippen LogP) is 0.359. The summed E-state index contributed by atoms with van der Waals surface area (Å²) in [5.41, 5.74) is 5.55. The number of methoxy groups -OCH3 is 1. The molecule has 0 amide bonds. The van der Waals surface area contributed by atoms with Crippen molar-refractivity contribution in [2.75, 3.05) is 18.2 Å². The molecule has 2 rings (SSSR count). The zero-order valence-electron chi connectivity index (χ0n) is 9.51. The van der Waals surface area contributed by atoms with Crippen LogP contribution in [0.3, 0.4) is 0 Å². The van der Waals surface area contributed by atoms with Crippen molar-refractivity contribution in [1.82, 2.24) is 25.1 Å². The minimum absolute atomic E-state index is 0.0727. The van der Waals surface area contributed by atoms with Crippen molar-refractivity contribution in [3.05, 3.63) is 18.2 Å². The van der Waals surface area contributed by atoms with Crippen LogP contribution in [0, 0.1) is 0 Å². The maximum Gasteiger partial charge on any atom is 0.225 e. The van der Waals surface area contributed by atoms with Gasteiger partial charge in [-0.15, -0.1) is 0 Å². The van der Waals surface area contributed by atoms with Crippen LogP contribution in [-0.2, 0) is 0 Å². The van der Waals surface area contributed by atoms with Crippen LogP contribution >= 0.6 is 0 Å². The van der Waals surface area contributed by atoms with E-state index in [9.17, 15) is 0 Å². The summed E-state index contributed by atoms with van der Waals surface area (Å²) in [6, 6.07) is 1.58. The Balaban J connectivity index is 2.15. The van der Waals surface area contributed by atoms with Gasteiger partial charge in [0.25, 0.3) is 0 Å². The molecule has 17 heavy (non-hydrogen) atoms. The monoisotopic (exact) mass is 235 g/mol. The molecule has 0 fully saturated rings. The van der Waals surface area contributed by atoms with E-state index < -0.39 is 0 Å². The lowest BCUT2D eigenvalue weighted by molar-refractivity contribution is 0.398. The van der Waals surface area contributed by atoms with Gasteiger partial charge in [0.1, 0.15) is 18.0 Å². The van der Waals surface area contributed by atoms with Gasteiger partial charge >= 0.3 is 0 Å². The van der Waals surface area contributed by atoms with Crippen molar-refractivity contribution < 1.29 is 4.74 Å². The first kappa shape index (κ1) is 11.1. The Labute approximate surface area is 97.6 Å². The number of aromatic amines is 1. The number of hydrogen-bond acceptors (Lipinski definition) is 7. The zero-order chi connectivity index (χ0) is 12.3. The van der Waals surface area contributed by atoms with E-state index in [1.165, 1.54) is 13.4 Å². The highest BCUT2D eigenvalue weighted by molar-refractivity contribution is 5.43. The Morgan fingerprint density at radius 2 is 2.29 bits per heavy atom. The van der Waals surface area contributed by atoms with Crippen LogP contribution in [0.15, 0.2) is 12.4 Å². The van der Waals surface area contributed by atoms with Crippen LogP contribution in [0.1, 0.15) is 18.8 Å². The average Bonchev–Trinajstić information content (AvgIpc) is 2.81. The molecule has 0 radical (unpaired) electrons. The number of anilines is 2. The molecule has 0 aliphatic rings. The first-order valence-electron chi connectivity index (χ1n) is 4.99. The molecule has 0 aliphatic heterocycles. The minimum atomic E-state index is -0.0727. The maximum absolute atomic E-state index is 5.55. The number of H-pyrrole nitrogens is 1. The van der Waals surface area contributed by atoms with Gasteiger partial charge in [0.05, 0.1) is 13.2 Å². The fourth-order valence-electron chi connectivity index (χ4n) is 1.34. The molecule has 8 nitrogen and oxygen atoms in total. The van der Waals surface area contributed by atoms with E-state index in [0.717, 1.165) is 0 Å². The summed E-state index contributed by atoms with van der Waals surface area (Å²) in [4.78, 5) is 12.0. The van der Waals surface area contributed by atoms with E-state index in [2.05, 4.69) is 30.5 Å². The number of hydrogen-bond donors (Lipinski definition) is 3. The lowest BCUT2D eigenvalue weighted by atomic mass is 10.3. The average molecular weight is 235 g/mol. The van der Waals surface area contributed by atoms with E-state index >= 15 is 0 Å². The lowest BCUT2D eigenvalue weighted by Gasteiger charge is -2.12. The van der Waals surface area contributed by atoms with Crippen LogP contribution in [0.5, 0.6) is 5.88 Å². The van der Waals surface area contributed by atoms with Crippen molar-refractivity contribution in [3.63, 3.8) is 0 Å². The van der Waals surface area contributed by atoms with Gasteiger partial charge in [0.2, 0.25) is 11.8 Å². The molecule has 90 valence electrons. The number of nitrogen functional groups attached to an aromatic ring is 1. The van der Waals surface area contributed by atoms with Gasteiger partial charge in [-0.25, -0.2) is 4.98 Å². The Bertz CT molecular complexity index is 484. The third kappa shape index (κ3) is 2.60. The van der Waals surface area contributed by atoms with Gasteiger partial charge in [-0.1, -0.05) is 0 Å². The molecule has 8 heteroatoms. The summed E-state index contributed by atoms with van der Waals surface area (Å²) in [6.45, 7) is 1.92. The highest BCUT2D eigenvalue weighted by Gasteiger charge is 2.10. The second kappa shape index (κ2) is 4.64. The smallest absolute Gasteiger partial charge is 0.225 e. The number of ether oxygens (including phenoxy) is 1. The Morgan fingerprint density at radius 1 is 1.47 bits per heavy atom. The summed E-state index contributed by atoms with van der Waals surface area (Å²) in [6.07, 6.45) is 1.45. The van der Waals surface area contributed by atoms with E-state index in [-0.39, 0.29) is 12.0 Å². The molecule has 0 aliphatic carbocycles. The summed E-state index contributed by atoms with van der Waals surface area (Å²) in [7, 11) is 1.52. The molecule has 0 bridgehead atoms. The van der Waals surface area contributed by atoms with Gasteiger partial charge in [-0.2, -0.15) is 15.1 Å². The summed E-state index contributed by atoms with van der Waals surface area (Å²) >= 11 is 0. The van der Waals surface area contributed by atoms with Crippen LogP contribution in [0.2, 0.25) is 0 Å². The standard InChI is InChI=1S/C9H13N7O/c1-5(8-11-4-12-16-8)13-6-3-7(17-2)15-9(10)14-6/h3-5H,1-2H3,(H,11,12,16)(H3,10,13,14,15). The van der Waals surface area contributed by atoms with Crippen molar-refractivity contribution >= 4 is 11.8 Å². The molecular formula is C9H13N7O. The normalized spacial score (nSPS) is 12.1. The van der Waals surface area contributed by atoms with Gasteiger partial charge in [-0.05, 0) is 6.92 Å². The molecular weight excluding hydrogens is 222 g/mol. The van der Waals surface area contributed by atoms with E-state index in [0.29, 0.717) is 17.5 Å². The Morgan fingerprint density at radius 3 is 2.94 bits per heavy atom. The van der Waals surface area contributed by atoms with Crippen LogP contribution in [0.4, 0.5) is 11.8 Å². The second-order valence-corrected chi connectivity index (χ2v) is 3.39. The topological polar surface area (TPSA) is 115 Å². The second-order valence-electron chi connectivity index (χ2n) is 3.39. The zero-order valence-corrected chi connectivity index (χ0v) is 9.51. The number of nitrogens with two attached hydrogens (primary N) is 1. The van der Waals surface area contributed by atoms with E-state index in [4.69, 9.17) is 10.5 Å². The molecule has 0 spiro atoms. The van der Waals surface area contributed by atoms with Crippen LogP contribution < -0.4 is 15.8 Å². The molecule has 2 aromatic heterocycles. The molecule has 0 saturated heterocycles. The van der Waals surface area contributed by atoms with Crippen molar-refractivity contribution in [1.29, 1.82) is 0 Å². The van der Waals surface area contributed by atoms with Gasteiger partial charge in [0, 0.05) is 6.07 Å². The van der Waals surface area contributed by atoms with Crippen molar-refractivity contribution in [2.45, 2.75) is 13.0 Å². The SMILES string of the molecule is COc1cc(NC(C)c2ncn[nH]2)nc(N)n1. The summed E-state index contributed by atoms with van der Waals surface area (Å²) < 4.78 is 5.00. The maximum atomic E-state index is 5.55. The molecule has 2 aromatic rings. The molecule has 0 aromatic carbocycles. The number of aromatic nitrogens is 5. The highest BCUT2D eigenvalue weighted by Crippen LogP contribution is 2.18. The number of nitrogens with zero attached hydrogens (tertiary/aromatic N) is 4. The lowest BCUT2D eigenvalue weighted by Crippen LogP contribution is -2.11. The van der Waals surface area contributed by atoms with Crippen molar-refractivity contribution in [3.8, 4) is 5.88 Å². The predicted molar refractivity (Wildman–Crippen MR) is 61.4 cm³/mol. The summed E-state index contributed by atoms with van der Waals surface area (Å²) in [5, 5.41) is 9.66. The number of rotatable bonds is 4. The highest BCUT2D eigenvalue weighted by atomic mass is 16.5. The van der Waals surface area contributed by atoms with E-state index in [1.54, 1.807) is 6.07 Å². The first-order chi connectivity index (χ1) is 8.19. The fourth-order valence-corrected chi connectivity index (χ4v) is 1.34. The van der Waals surface area contributed by atoms with Crippen molar-refractivity contribution in [2.24, 2.45) is 0 Å². The molecule has 1 atom stereocenters. The largest absolute Gasteiger partial charge is 0.481 e. The minimum Gasteiger partial charge on any atom is -0.481 e. The van der Waals surface area contributed by atoms with Gasteiger partial charge in [0.15, 0.2) is 0 Å². The third-order valence-corrected chi connectivity index (χ3v) is 2.14. The first-order valence-corrected chi connectivity index (χ1v) is 4.99. The van der Waals surface area contributed by atoms with Crippen LogP contribution in [-0.4, -0.2) is 32.3 Å². The number of nitrogens with one attached hydrogen (secondary N) is 2. The van der Waals surface area contributed by atoms with E-state index in [1.807, 2.05) is 6.92 Å². The quantitative estimate of drug-likeness (QED) is 0.700. The van der Waals surface area contributed by atoms with Crippen LogP contribution in [0.25, 0.3) is 0 Å². The van der Waals surface area contributed by atoms with Gasteiger partial charge < -0.3 is 15.8 Å². The van der Waals surface area contributed by atoms with Gasteiger partial charge in [-0.3, -0.25) is 5.10 Å². The molecule has 2 heterocycles. The molecule has 1 unspecified atom stereocenters. The fraction of sp³-hybridized carbons (Fsp3) is 0.333. The third-order valence-electron chi connectivity index (χ3n) is 2.14. The summed E-state index contributed by atoms with van der Waals surface area (Å²) in [5.74, 6) is 1.83.